The second kappa shape index (κ2) is 13.0. The van der Waals surface area contributed by atoms with Gasteiger partial charge in [0.25, 0.3) is 0 Å². The minimum absolute atomic E-state index is 0.00620. The van der Waals surface area contributed by atoms with Gasteiger partial charge in [0, 0.05) is 13.1 Å². The standard InChI is InChI=1S/C27H33N5O5S/c1-19-9-10-21-11-12-23(17-22(21)16-19)38(36,37)31-24(8-5-14-30-27(28)29)26(35)32(18-25(33)34)15-13-20-6-3-2-4-7-20/h2-4,6-7,9-12,16-17,24,31H,5,8,13-15,18H2,1H3,(H,33,34)(H4,28,29,30)/t24-/m0/s1. The van der Waals surface area contributed by atoms with Crippen LogP contribution in [0.3, 0.4) is 0 Å². The van der Waals surface area contributed by atoms with Crippen LogP contribution in [-0.2, 0) is 26.0 Å². The number of guanidine groups is 1. The van der Waals surface area contributed by atoms with Gasteiger partial charge in [-0.1, -0.05) is 60.2 Å². The monoisotopic (exact) mass is 539 g/mol. The highest BCUT2D eigenvalue weighted by atomic mass is 32.2. The molecule has 0 spiro atoms. The summed E-state index contributed by atoms with van der Waals surface area (Å²) in [5, 5.41) is 11.1. The molecule has 1 atom stereocenters. The summed E-state index contributed by atoms with van der Waals surface area (Å²) in [6, 6.07) is 18.6. The first-order valence-corrected chi connectivity index (χ1v) is 13.7. The molecule has 11 heteroatoms. The molecule has 0 bridgehead atoms. The first-order chi connectivity index (χ1) is 18.0. The molecule has 0 aliphatic carbocycles. The smallest absolute Gasteiger partial charge is 0.323 e. The number of amides is 1. The number of hydrogen-bond donors (Lipinski definition) is 4. The van der Waals surface area contributed by atoms with E-state index < -0.39 is 34.5 Å². The zero-order chi connectivity index (χ0) is 27.7. The van der Waals surface area contributed by atoms with Crippen molar-refractivity contribution in [3.05, 3.63) is 77.9 Å². The minimum Gasteiger partial charge on any atom is -0.480 e. The number of aryl methyl sites for hydroxylation is 1. The van der Waals surface area contributed by atoms with Crippen molar-refractivity contribution in [3.63, 3.8) is 0 Å². The Balaban J connectivity index is 1.87. The first kappa shape index (κ1) is 28.6. The topological polar surface area (TPSA) is 168 Å². The zero-order valence-corrected chi connectivity index (χ0v) is 22.0. The Morgan fingerprint density at radius 2 is 1.74 bits per heavy atom. The SMILES string of the molecule is Cc1ccc2ccc(S(=O)(=O)N[C@@H](CCCN=C(N)N)C(=O)N(CCc3ccccc3)CC(=O)O)cc2c1. The van der Waals surface area contributed by atoms with E-state index >= 15 is 0 Å². The van der Waals surface area contributed by atoms with Crippen molar-refractivity contribution < 1.29 is 23.1 Å². The molecule has 1 amide bonds. The number of nitrogens with two attached hydrogens (primary N) is 2. The van der Waals surface area contributed by atoms with Crippen LogP contribution in [0.1, 0.15) is 24.0 Å². The van der Waals surface area contributed by atoms with Crippen molar-refractivity contribution >= 4 is 38.6 Å². The molecule has 0 heterocycles. The van der Waals surface area contributed by atoms with Crippen molar-refractivity contribution in [1.29, 1.82) is 0 Å². The Bertz CT molecular complexity index is 1410. The molecule has 202 valence electrons. The van der Waals surface area contributed by atoms with Crippen LogP contribution in [0.15, 0.2) is 76.6 Å². The summed E-state index contributed by atoms with van der Waals surface area (Å²) < 4.78 is 29.3. The van der Waals surface area contributed by atoms with Crippen molar-refractivity contribution in [1.82, 2.24) is 9.62 Å². The van der Waals surface area contributed by atoms with E-state index in [1.54, 1.807) is 12.1 Å². The molecule has 0 fully saturated rings. The number of benzene rings is 3. The van der Waals surface area contributed by atoms with Crippen molar-refractivity contribution in [3.8, 4) is 0 Å². The van der Waals surface area contributed by atoms with Gasteiger partial charge in [-0.3, -0.25) is 14.6 Å². The first-order valence-electron chi connectivity index (χ1n) is 12.2. The summed E-state index contributed by atoms with van der Waals surface area (Å²) in [5.74, 6) is -1.94. The number of nitrogens with zero attached hydrogens (tertiary/aromatic N) is 2. The van der Waals surface area contributed by atoms with E-state index in [2.05, 4.69) is 9.71 Å². The van der Waals surface area contributed by atoms with Crippen LogP contribution in [0.4, 0.5) is 0 Å². The number of carboxylic acid groups (broad SMARTS) is 1. The molecular formula is C27H33N5O5S. The summed E-state index contributed by atoms with van der Waals surface area (Å²) in [5.41, 5.74) is 12.7. The van der Waals surface area contributed by atoms with Crippen molar-refractivity contribution in [2.24, 2.45) is 16.5 Å². The van der Waals surface area contributed by atoms with Gasteiger partial charge in [0.15, 0.2) is 5.96 Å². The molecule has 0 unspecified atom stereocenters. The molecule has 0 aliphatic heterocycles. The number of aliphatic imine (C=N–C) groups is 1. The lowest BCUT2D eigenvalue weighted by atomic mass is 10.1. The maximum absolute atomic E-state index is 13.5. The molecule has 38 heavy (non-hydrogen) atoms. The third-order valence-corrected chi connectivity index (χ3v) is 7.44. The number of hydrogen-bond acceptors (Lipinski definition) is 5. The molecule has 0 aromatic heterocycles. The fraction of sp³-hybridized carbons (Fsp3) is 0.296. The van der Waals surface area contributed by atoms with E-state index in [4.69, 9.17) is 11.5 Å². The number of carboxylic acids is 1. The quantitative estimate of drug-likeness (QED) is 0.146. The Kier molecular flexibility index (Phi) is 9.80. The molecule has 3 rings (SSSR count). The van der Waals surface area contributed by atoms with Gasteiger partial charge in [-0.2, -0.15) is 4.72 Å². The highest BCUT2D eigenvalue weighted by molar-refractivity contribution is 7.89. The average molecular weight is 540 g/mol. The van der Waals surface area contributed by atoms with Crippen LogP contribution >= 0.6 is 0 Å². The number of rotatable bonds is 13. The molecule has 3 aromatic rings. The Morgan fingerprint density at radius 1 is 1.03 bits per heavy atom. The molecule has 6 N–H and O–H groups in total. The summed E-state index contributed by atoms with van der Waals surface area (Å²) >= 11 is 0. The number of nitrogens with one attached hydrogen (secondary N) is 1. The van der Waals surface area contributed by atoms with Crippen molar-refractivity contribution in [2.75, 3.05) is 19.6 Å². The highest BCUT2D eigenvalue weighted by Crippen LogP contribution is 2.21. The highest BCUT2D eigenvalue weighted by Gasteiger charge is 2.30. The zero-order valence-electron chi connectivity index (χ0n) is 21.2. The lowest BCUT2D eigenvalue weighted by Gasteiger charge is -2.27. The predicted molar refractivity (Wildman–Crippen MR) is 147 cm³/mol. The van der Waals surface area contributed by atoms with Gasteiger partial charge in [0.2, 0.25) is 15.9 Å². The van der Waals surface area contributed by atoms with Crippen LogP contribution in [-0.4, -0.2) is 61.9 Å². The molecule has 0 saturated carbocycles. The van der Waals surface area contributed by atoms with E-state index in [0.29, 0.717) is 12.8 Å². The van der Waals surface area contributed by atoms with Gasteiger partial charge in [-0.15, -0.1) is 0 Å². The number of carbonyl (C=O) groups excluding carboxylic acids is 1. The lowest BCUT2D eigenvalue weighted by Crippen LogP contribution is -2.50. The van der Waals surface area contributed by atoms with E-state index in [1.165, 1.54) is 6.07 Å². The second-order valence-corrected chi connectivity index (χ2v) is 10.7. The van der Waals surface area contributed by atoms with Gasteiger partial charge in [-0.25, -0.2) is 8.42 Å². The molecular weight excluding hydrogens is 506 g/mol. The maximum Gasteiger partial charge on any atom is 0.323 e. The molecule has 0 aliphatic rings. The van der Waals surface area contributed by atoms with E-state index in [9.17, 15) is 23.1 Å². The number of aliphatic carboxylic acids is 1. The van der Waals surface area contributed by atoms with Gasteiger partial charge >= 0.3 is 5.97 Å². The van der Waals surface area contributed by atoms with Crippen LogP contribution in [0.5, 0.6) is 0 Å². The second-order valence-electron chi connectivity index (χ2n) is 9.02. The van der Waals surface area contributed by atoms with Crippen LogP contribution in [0.2, 0.25) is 0 Å². The van der Waals surface area contributed by atoms with E-state index in [1.807, 2.05) is 55.5 Å². The lowest BCUT2D eigenvalue weighted by molar-refractivity contribution is -0.145. The Morgan fingerprint density at radius 3 is 2.42 bits per heavy atom. The summed E-state index contributed by atoms with van der Waals surface area (Å²) in [7, 11) is -4.12. The maximum atomic E-state index is 13.5. The third kappa shape index (κ3) is 8.29. The Labute approximate surface area is 222 Å². The van der Waals surface area contributed by atoms with Gasteiger partial charge < -0.3 is 21.5 Å². The molecule has 0 saturated heterocycles. The van der Waals surface area contributed by atoms with Crippen LogP contribution in [0, 0.1) is 6.92 Å². The number of sulfonamides is 1. The van der Waals surface area contributed by atoms with Gasteiger partial charge in [0.05, 0.1) is 4.90 Å². The average Bonchev–Trinajstić information content (AvgIpc) is 2.87. The number of carbonyl (C=O) groups is 2. The van der Waals surface area contributed by atoms with Crippen LogP contribution in [0.25, 0.3) is 10.8 Å². The van der Waals surface area contributed by atoms with Crippen molar-refractivity contribution in [2.45, 2.75) is 37.1 Å². The molecule has 0 radical (unpaired) electrons. The summed E-state index contributed by atoms with van der Waals surface area (Å²) in [6.45, 7) is 1.65. The fourth-order valence-electron chi connectivity index (χ4n) is 4.06. The normalized spacial score (nSPS) is 12.1. The summed E-state index contributed by atoms with van der Waals surface area (Å²) in [6.07, 6.45) is 0.785. The molecule has 3 aromatic carbocycles. The Hall–Kier alpha value is -3.96. The van der Waals surface area contributed by atoms with E-state index in [0.717, 1.165) is 26.8 Å². The van der Waals surface area contributed by atoms with Crippen LogP contribution < -0.4 is 16.2 Å². The largest absolute Gasteiger partial charge is 0.480 e. The predicted octanol–water partition coefficient (Wildman–Crippen LogP) is 2.00. The summed E-state index contributed by atoms with van der Waals surface area (Å²) in [4.78, 5) is 30.2. The van der Waals surface area contributed by atoms with Gasteiger partial charge in [0.1, 0.15) is 12.6 Å². The van der Waals surface area contributed by atoms with E-state index in [-0.39, 0.29) is 30.4 Å². The minimum atomic E-state index is -4.12. The third-order valence-electron chi connectivity index (χ3n) is 5.97. The van der Waals surface area contributed by atoms with Gasteiger partial charge in [-0.05, 0) is 54.7 Å². The fourth-order valence-corrected chi connectivity index (χ4v) is 5.32. The molecule has 10 nitrogen and oxygen atoms in total. The number of fused-ring (bicyclic) bond motifs is 1.